The molecule has 0 aliphatic carbocycles. The average Bonchev–Trinajstić information content (AvgIpc) is 2.75. The van der Waals surface area contributed by atoms with Gasteiger partial charge in [-0.3, -0.25) is 9.69 Å². The van der Waals surface area contributed by atoms with Crippen LogP contribution in [0.2, 0.25) is 0 Å². The second kappa shape index (κ2) is 5.35. The van der Waals surface area contributed by atoms with Crippen molar-refractivity contribution in [3.05, 3.63) is 27.6 Å². The second-order valence-electron chi connectivity index (χ2n) is 3.86. The molecule has 17 heavy (non-hydrogen) atoms. The third-order valence-electron chi connectivity index (χ3n) is 2.42. The van der Waals surface area contributed by atoms with Crippen molar-refractivity contribution in [2.24, 2.45) is 0 Å². The third kappa shape index (κ3) is 2.87. The number of aromatic nitrogens is 3. The van der Waals surface area contributed by atoms with Gasteiger partial charge in [-0.15, -0.1) is 0 Å². The average molecular weight is 253 g/mol. The molecule has 0 radical (unpaired) electrons. The van der Waals surface area contributed by atoms with Crippen molar-refractivity contribution < 1.29 is 0 Å². The van der Waals surface area contributed by atoms with Gasteiger partial charge in [-0.2, -0.15) is 9.61 Å². The standard InChI is InChI=1S/C10H15N5OS/c1-11-3-4-14(2)6-8-5-9(16)15-10(13-8)17-7-12-15/h5,7,11H,3-4,6H2,1-2H3. The molecule has 2 aromatic heterocycles. The highest BCUT2D eigenvalue weighted by Crippen LogP contribution is 2.05. The van der Waals surface area contributed by atoms with E-state index >= 15 is 0 Å². The molecule has 6 nitrogen and oxygen atoms in total. The van der Waals surface area contributed by atoms with Crippen LogP contribution >= 0.6 is 11.3 Å². The zero-order chi connectivity index (χ0) is 12.3. The van der Waals surface area contributed by atoms with Crippen molar-refractivity contribution in [2.75, 3.05) is 27.2 Å². The van der Waals surface area contributed by atoms with E-state index in [1.54, 1.807) is 11.6 Å². The maximum Gasteiger partial charge on any atom is 0.275 e. The summed E-state index contributed by atoms with van der Waals surface area (Å²) in [6.45, 7) is 2.50. The summed E-state index contributed by atoms with van der Waals surface area (Å²) in [5, 5.41) is 7.01. The monoisotopic (exact) mass is 253 g/mol. The molecular weight excluding hydrogens is 238 g/mol. The van der Waals surface area contributed by atoms with Gasteiger partial charge in [-0.05, 0) is 14.1 Å². The summed E-state index contributed by atoms with van der Waals surface area (Å²) in [6, 6.07) is 1.54. The van der Waals surface area contributed by atoms with Crippen LogP contribution in [-0.2, 0) is 6.54 Å². The second-order valence-corrected chi connectivity index (χ2v) is 4.67. The number of fused-ring (bicyclic) bond motifs is 1. The maximum atomic E-state index is 11.7. The summed E-state index contributed by atoms with van der Waals surface area (Å²) >= 11 is 1.37. The molecule has 7 heteroatoms. The highest BCUT2D eigenvalue weighted by atomic mass is 32.1. The molecule has 0 saturated carbocycles. The van der Waals surface area contributed by atoms with E-state index in [2.05, 4.69) is 20.3 Å². The Morgan fingerprint density at radius 1 is 1.59 bits per heavy atom. The first-order valence-corrected chi connectivity index (χ1v) is 6.24. The highest BCUT2D eigenvalue weighted by molar-refractivity contribution is 7.14. The Balaban J connectivity index is 2.16. The van der Waals surface area contributed by atoms with Crippen LogP contribution in [0.25, 0.3) is 4.96 Å². The fraction of sp³-hybridized carbons (Fsp3) is 0.500. The van der Waals surface area contributed by atoms with Crippen LogP contribution in [0.5, 0.6) is 0 Å². The van der Waals surface area contributed by atoms with E-state index in [0.717, 1.165) is 18.8 Å². The number of hydrogen-bond donors (Lipinski definition) is 1. The Kier molecular flexibility index (Phi) is 3.82. The molecule has 2 aromatic rings. The van der Waals surface area contributed by atoms with Crippen molar-refractivity contribution >= 4 is 16.3 Å². The predicted molar refractivity (Wildman–Crippen MR) is 67.4 cm³/mol. The molecule has 2 heterocycles. The van der Waals surface area contributed by atoms with Crippen LogP contribution in [0.4, 0.5) is 0 Å². The minimum Gasteiger partial charge on any atom is -0.318 e. The van der Waals surface area contributed by atoms with Crippen LogP contribution in [0, 0.1) is 0 Å². The molecule has 0 fully saturated rings. The van der Waals surface area contributed by atoms with Gasteiger partial charge >= 0.3 is 0 Å². The summed E-state index contributed by atoms with van der Waals surface area (Å²) in [6.07, 6.45) is 0. The van der Waals surface area contributed by atoms with Gasteiger partial charge in [0.25, 0.3) is 5.56 Å². The lowest BCUT2D eigenvalue weighted by atomic mass is 10.3. The SMILES string of the molecule is CNCCN(C)Cc1cc(=O)n2ncsc2n1. The summed E-state index contributed by atoms with van der Waals surface area (Å²) in [5.74, 6) is 0. The molecular formula is C10H15N5OS. The number of hydrogen-bond acceptors (Lipinski definition) is 6. The van der Waals surface area contributed by atoms with Crippen molar-refractivity contribution in [2.45, 2.75) is 6.54 Å². The first kappa shape index (κ1) is 12.2. The van der Waals surface area contributed by atoms with Crippen LogP contribution in [0.1, 0.15) is 5.69 Å². The minimum absolute atomic E-state index is 0.117. The normalized spacial score (nSPS) is 11.5. The third-order valence-corrected chi connectivity index (χ3v) is 3.09. The molecule has 0 aliphatic heterocycles. The molecule has 2 rings (SSSR count). The van der Waals surface area contributed by atoms with Gasteiger partial charge in [0.2, 0.25) is 4.96 Å². The van der Waals surface area contributed by atoms with Gasteiger partial charge in [-0.25, -0.2) is 4.98 Å². The lowest BCUT2D eigenvalue weighted by Crippen LogP contribution is -2.28. The number of rotatable bonds is 5. The quantitative estimate of drug-likeness (QED) is 0.799. The van der Waals surface area contributed by atoms with Crippen LogP contribution in [-0.4, -0.2) is 46.7 Å². The first-order chi connectivity index (χ1) is 8.20. The van der Waals surface area contributed by atoms with Gasteiger partial charge in [0.05, 0.1) is 5.69 Å². The summed E-state index contributed by atoms with van der Waals surface area (Å²) in [7, 11) is 3.93. The van der Waals surface area contributed by atoms with E-state index in [4.69, 9.17) is 0 Å². The maximum absolute atomic E-state index is 11.7. The van der Waals surface area contributed by atoms with E-state index in [-0.39, 0.29) is 5.56 Å². The summed E-state index contributed by atoms with van der Waals surface area (Å²) < 4.78 is 1.32. The Bertz CT molecular complexity index is 549. The Hall–Kier alpha value is -1.31. The zero-order valence-electron chi connectivity index (χ0n) is 9.88. The Morgan fingerprint density at radius 3 is 3.18 bits per heavy atom. The van der Waals surface area contributed by atoms with Gasteiger partial charge < -0.3 is 5.32 Å². The van der Waals surface area contributed by atoms with Crippen LogP contribution in [0.15, 0.2) is 16.4 Å². The number of likely N-dealkylation sites (N-methyl/N-ethyl adjacent to an activating group) is 2. The molecule has 0 aliphatic rings. The Labute approximate surface area is 103 Å². The molecule has 0 atom stereocenters. The van der Waals surface area contributed by atoms with Gasteiger partial charge in [0.15, 0.2) is 0 Å². The van der Waals surface area contributed by atoms with E-state index < -0.39 is 0 Å². The molecule has 0 saturated heterocycles. The summed E-state index contributed by atoms with van der Waals surface area (Å²) in [5.41, 5.74) is 2.30. The van der Waals surface area contributed by atoms with Gasteiger partial charge in [-0.1, -0.05) is 11.3 Å². The van der Waals surface area contributed by atoms with Crippen molar-refractivity contribution in [3.8, 4) is 0 Å². The van der Waals surface area contributed by atoms with E-state index in [1.807, 2.05) is 14.1 Å². The predicted octanol–water partition coefficient (Wildman–Crippen LogP) is -0.198. The molecule has 0 spiro atoms. The molecule has 92 valence electrons. The lowest BCUT2D eigenvalue weighted by Gasteiger charge is -2.15. The van der Waals surface area contributed by atoms with E-state index in [9.17, 15) is 4.79 Å². The largest absolute Gasteiger partial charge is 0.318 e. The summed E-state index contributed by atoms with van der Waals surface area (Å²) in [4.78, 5) is 18.9. The van der Waals surface area contributed by atoms with Crippen LogP contribution < -0.4 is 10.9 Å². The van der Waals surface area contributed by atoms with Crippen molar-refractivity contribution in [1.82, 2.24) is 24.8 Å². The number of nitrogens with zero attached hydrogens (tertiary/aromatic N) is 4. The Morgan fingerprint density at radius 2 is 2.41 bits per heavy atom. The zero-order valence-corrected chi connectivity index (χ0v) is 10.7. The molecule has 0 bridgehead atoms. The molecule has 0 aromatic carbocycles. The first-order valence-electron chi connectivity index (χ1n) is 5.36. The lowest BCUT2D eigenvalue weighted by molar-refractivity contribution is 0.324. The van der Waals surface area contributed by atoms with E-state index in [1.165, 1.54) is 15.9 Å². The number of nitrogens with one attached hydrogen (secondary N) is 1. The van der Waals surface area contributed by atoms with Gasteiger partial charge in [0.1, 0.15) is 5.51 Å². The molecule has 0 amide bonds. The van der Waals surface area contributed by atoms with E-state index in [0.29, 0.717) is 11.5 Å². The highest BCUT2D eigenvalue weighted by Gasteiger charge is 2.06. The minimum atomic E-state index is -0.117. The molecule has 1 N–H and O–H groups in total. The van der Waals surface area contributed by atoms with Gasteiger partial charge in [0, 0.05) is 25.7 Å². The fourth-order valence-corrected chi connectivity index (χ4v) is 2.18. The van der Waals surface area contributed by atoms with Crippen molar-refractivity contribution in [1.29, 1.82) is 0 Å². The smallest absolute Gasteiger partial charge is 0.275 e. The molecule has 0 unspecified atom stereocenters. The fourth-order valence-electron chi connectivity index (χ4n) is 1.54. The topological polar surface area (TPSA) is 62.5 Å². The van der Waals surface area contributed by atoms with Crippen LogP contribution in [0.3, 0.4) is 0 Å². The van der Waals surface area contributed by atoms with Crippen molar-refractivity contribution in [3.63, 3.8) is 0 Å².